The largest absolute Gasteiger partial charge is 0.345 e. The van der Waals surface area contributed by atoms with Gasteiger partial charge in [-0.05, 0) is 48.7 Å². The van der Waals surface area contributed by atoms with Crippen LogP contribution in [0.5, 0.6) is 0 Å². The van der Waals surface area contributed by atoms with Crippen LogP contribution in [-0.4, -0.2) is 38.9 Å². The van der Waals surface area contributed by atoms with Crippen molar-refractivity contribution in [3.63, 3.8) is 0 Å². The minimum Gasteiger partial charge on any atom is -0.345 e. The molecule has 36 heavy (non-hydrogen) atoms. The van der Waals surface area contributed by atoms with E-state index >= 15 is 0 Å². The van der Waals surface area contributed by atoms with Gasteiger partial charge in [0.1, 0.15) is 5.82 Å². The molecule has 1 aliphatic heterocycles. The average Bonchev–Trinajstić information content (AvgIpc) is 3.33. The van der Waals surface area contributed by atoms with Crippen molar-refractivity contribution in [2.24, 2.45) is 0 Å². The monoisotopic (exact) mass is 501 g/mol. The Balaban J connectivity index is 1.34. The number of carbonyl (C=O) groups excluding carboxylic acids is 2. The Morgan fingerprint density at radius 3 is 2.53 bits per heavy atom. The van der Waals surface area contributed by atoms with Crippen LogP contribution in [0.4, 0.5) is 10.1 Å². The molecule has 3 aromatic carbocycles. The number of amides is 2. The molecule has 7 nitrogen and oxygen atoms in total. The fourth-order valence-electron chi connectivity index (χ4n) is 4.24. The maximum atomic E-state index is 14.0. The van der Waals surface area contributed by atoms with E-state index in [0.29, 0.717) is 17.5 Å². The Morgan fingerprint density at radius 2 is 1.69 bits per heavy atom. The standard InChI is InChI=1S/C27H24FN5O2S/c28-22-14-6-5-13-21(22)26(35)29-17-24-30-31-27(33(24)20-11-2-1-3-12-20)36-18-25(34)32-16-8-10-19-9-4-7-15-23(19)32/h1-7,9,11-15H,8,10,16-18H2,(H,29,35). The lowest BCUT2D eigenvalue weighted by Gasteiger charge is -2.29. The van der Waals surface area contributed by atoms with Gasteiger partial charge in [0.15, 0.2) is 11.0 Å². The number of carbonyl (C=O) groups is 2. The zero-order chi connectivity index (χ0) is 24.9. The van der Waals surface area contributed by atoms with Crippen LogP contribution in [0.3, 0.4) is 0 Å². The number of benzene rings is 3. The van der Waals surface area contributed by atoms with Crippen LogP contribution in [0.1, 0.15) is 28.2 Å². The molecule has 0 saturated carbocycles. The lowest BCUT2D eigenvalue weighted by molar-refractivity contribution is -0.116. The van der Waals surface area contributed by atoms with E-state index in [-0.39, 0.29) is 23.8 Å². The Bertz CT molecular complexity index is 1390. The lowest BCUT2D eigenvalue weighted by atomic mass is 10.0. The summed E-state index contributed by atoms with van der Waals surface area (Å²) in [7, 11) is 0. The molecule has 0 spiro atoms. The van der Waals surface area contributed by atoms with E-state index < -0.39 is 11.7 Å². The van der Waals surface area contributed by atoms with E-state index in [4.69, 9.17) is 0 Å². The molecule has 1 aromatic heterocycles. The van der Waals surface area contributed by atoms with Gasteiger partial charge in [-0.1, -0.05) is 60.3 Å². The quantitative estimate of drug-likeness (QED) is 0.380. The Kier molecular flexibility index (Phi) is 7.08. The van der Waals surface area contributed by atoms with Gasteiger partial charge in [-0.2, -0.15) is 0 Å². The van der Waals surface area contributed by atoms with Crippen molar-refractivity contribution < 1.29 is 14.0 Å². The summed E-state index contributed by atoms with van der Waals surface area (Å²) in [5, 5.41) is 11.8. The van der Waals surface area contributed by atoms with Crippen molar-refractivity contribution in [2.75, 3.05) is 17.2 Å². The summed E-state index contributed by atoms with van der Waals surface area (Å²) in [6.07, 6.45) is 1.90. The molecule has 1 aliphatic rings. The van der Waals surface area contributed by atoms with Crippen LogP contribution < -0.4 is 10.2 Å². The zero-order valence-electron chi connectivity index (χ0n) is 19.4. The van der Waals surface area contributed by atoms with Crippen molar-refractivity contribution in [3.8, 4) is 5.69 Å². The molecule has 182 valence electrons. The topological polar surface area (TPSA) is 80.1 Å². The fourth-order valence-corrected chi connectivity index (χ4v) is 5.09. The number of anilines is 1. The molecule has 0 bridgehead atoms. The number of rotatable bonds is 7. The number of thioether (sulfide) groups is 1. The van der Waals surface area contributed by atoms with Gasteiger partial charge >= 0.3 is 0 Å². The molecule has 4 aromatic rings. The summed E-state index contributed by atoms with van der Waals surface area (Å²) in [4.78, 5) is 27.5. The van der Waals surface area contributed by atoms with Crippen LogP contribution in [0.15, 0.2) is 84.0 Å². The zero-order valence-corrected chi connectivity index (χ0v) is 20.2. The van der Waals surface area contributed by atoms with Crippen LogP contribution >= 0.6 is 11.8 Å². The molecule has 0 atom stereocenters. The van der Waals surface area contributed by atoms with Gasteiger partial charge < -0.3 is 10.2 Å². The number of aromatic nitrogens is 3. The van der Waals surface area contributed by atoms with E-state index in [1.54, 1.807) is 6.07 Å². The SMILES string of the molecule is O=C(NCc1nnc(SCC(=O)N2CCCc3ccccc32)n1-c1ccccc1)c1ccccc1F. The first-order valence-corrected chi connectivity index (χ1v) is 12.6. The minimum absolute atomic E-state index is 0.00386. The van der Waals surface area contributed by atoms with Gasteiger partial charge in [0.2, 0.25) is 5.91 Å². The lowest BCUT2D eigenvalue weighted by Crippen LogP contribution is -2.36. The van der Waals surface area contributed by atoms with E-state index in [9.17, 15) is 14.0 Å². The van der Waals surface area contributed by atoms with Crippen LogP contribution in [0, 0.1) is 5.82 Å². The van der Waals surface area contributed by atoms with Gasteiger partial charge in [-0.25, -0.2) is 4.39 Å². The van der Waals surface area contributed by atoms with Gasteiger partial charge in [0.05, 0.1) is 17.9 Å². The highest BCUT2D eigenvalue weighted by Gasteiger charge is 2.24. The predicted molar refractivity (Wildman–Crippen MR) is 137 cm³/mol. The predicted octanol–water partition coefficient (Wildman–Crippen LogP) is 4.41. The first-order valence-electron chi connectivity index (χ1n) is 11.7. The Labute approximate surface area is 212 Å². The molecule has 1 N–H and O–H groups in total. The molecule has 5 rings (SSSR count). The first kappa shape index (κ1) is 23.7. The van der Waals surface area contributed by atoms with Gasteiger partial charge in [-0.3, -0.25) is 14.2 Å². The minimum atomic E-state index is -0.589. The molecular formula is C27H24FN5O2S. The van der Waals surface area contributed by atoms with E-state index in [1.807, 2.05) is 58.0 Å². The third-order valence-corrected chi connectivity index (χ3v) is 6.89. The fraction of sp³-hybridized carbons (Fsp3) is 0.185. The summed E-state index contributed by atoms with van der Waals surface area (Å²) in [6.45, 7) is 0.734. The number of aryl methyl sites for hydroxylation is 1. The van der Waals surface area contributed by atoms with E-state index in [2.05, 4.69) is 21.6 Å². The van der Waals surface area contributed by atoms with Gasteiger partial charge in [-0.15, -0.1) is 10.2 Å². The van der Waals surface area contributed by atoms with Crippen molar-refractivity contribution in [1.29, 1.82) is 0 Å². The summed E-state index contributed by atoms with van der Waals surface area (Å²) < 4.78 is 15.8. The first-order chi connectivity index (χ1) is 17.6. The number of halogens is 1. The molecular weight excluding hydrogens is 477 g/mol. The van der Waals surface area contributed by atoms with E-state index in [1.165, 1.54) is 35.5 Å². The van der Waals surface area contributed by atoms with Crippen LogP contribution in [0.25, 0.3) is 5.69 Å². The molecule has 0 fully saturated rings. The highest BCUT2D eigenvalue weighted by molar-refractivity contribution is 7.99. The van der Waals surface area contributed by atoms with Crippen LogP contribution in [0.2, 0.25) is 0 Å². The number of fused-ring (bicyclic) bond motifs is 1. The Morgan fingerprint density at radius 1 is 0.944 bits per heavy atom. The van der Waals surface area contributed by atoms with Crippen molar-refractivity contribution in [3.05, 3.63) is 102 Å². The number of hydrogen-bond donors (Lipinski definition) is 1. The molecule has 2 amide bonds. The number of nitrogens with zero attached hydrogens (tertiary/aromatic N) is 4. The molecule has 9 heteroatoms. The molecule has 0 saturated heterocycles. The van der Waals surface area contributed by atoms with E-state index in [0.717, 1.165) is 24.2 Å². The average molecular weight is 502 g/mol. The Hall–Kier alpha value is -3.98. The summed E-state index contributed by atoms with van der Waals surface area (Å²) >= 11 is 1.30. The summed E-state index contributed by atoms with van der Waals surface area (Å²) in [5.74, 6) is -0.452. The van der Waals surface area contributed by atoms with Gasteiger partial charge in [0.25, 0.3) is 5.91 Å². The second kappa shape index (κ2) is 10.7. The smallest absolute Gasteiger partial charge is 0.254 e. The summed E-state index contributed by atoms with van der Waals surface area (Å²) in [5.41, 5.74) is 2.92. The highest BCUT2D eigenvalue weighted by Crippen LogP contribution is 2.29. The third-order valence-electron chi connectivity index (χ3n) is 5.98. The van der Waals surface area contributed by atoms with Gasteiger partial charge in [0, 0.05) is 17.9 Å². The van der Waals surface area contributed by atoms with Crippen molar-refractivity contribution >= 4 is 29.3 Å². The third kappa shape index (κ3) is 5.01. The number of hydrogen-bond acceptors (Lipinski definition) is 5. The molecule has 0 radical (unpaired) electrons. The second-order valence-corrected chi connectivity index (χ2v) is 9.24. The normalized spacial score (nSPS) is 12.8. The molecule has 0 aliphatic carbocycles. The molecule has 0 unspecified atom stereocenters. The summed E-state index contributed by atoms with van der Waals surface area (Å²) in [6, 6.07) is 23.3. The highest BCUT2D eigenvalue weighted by atomic mass is 32.2. The number of nitrogens with one attached hydrogen (secondary N) is 1. The maximum Gasteiger partial charge on any atom is 0.254 e. The molecule has 2 heterocycles. The van der Waals surface area contributed by atoms with Crippen LogP contribution in [-0.2, 0) is 17.8 Å². The number of para-hydroxylation sites is 2. The van der Waals surface area contributed by atoms with Crippen molar-refractivity contribution in [1.82, 2.24) is 20.1 Å². The maximum absolute atomic E-state index is 14.0. The van der Waals surface area contributed by atoms with Crippen molar-refractivity contribution in [2.45, 2.75) is 24.5 Å². The second-order valence-electron chi connectivity index (χ2n) is 8.30.